The fourth-order valence-electron chi connectivity index (χ4n) is 2.73. The number of aryl methyl sites for hydroxylation is 1. The molecule has 0 aromatic carbocycles. The number of thiophene rings is 1. The molecule has 1 fully saturated rings. The highest BCUT2D eigenvalue weighted by Gasteiger charge is 2.27. The highest BCUT2D eigenvalue weighted by atomic mass is 32.1. The van der Waals surface area contributed by atoms with Gasteiger partial charge in [0.2, 0.25) is 0 Å². The van der Waals surface area contributed by atoms with Gasteiger partial charge >= 0.3 is 0 Å². The minimum Gasteiger partial charge on any atom is -0.365 e. The third kappa shape index (κ3) is 2.89. The van der Waals surface area contributed by atoms with Crippen molar-refractivity contribution < 1.29 is 9.59 Å². The van der Waals surface area contributed by atoms with Crippen molar-refractivity contribution in [2.24, 2.45) is 5.73 Å². The molecule has 1 aliphatic rings. The molecule has 0 aliphatic carbocycles. The van der Waals surface area contributed by atoms with E-state index in [1.807, 2.05) is 28.9 Å². The maximum atomic E-state index is 12.6. The van der Waals surface area contributed by atoms with Gasteiger partial charge in [-0.15, -0.1) is 11.3 Å². The first-order valence-corrected chi connectivity index (χ1v) is 8.06. The predicted octanol–water partition coefficient (Wildman–Crippen LogP) is 1.83. The normalized spacial score (nSPS) is 18.4. The quantitative estimate of drug-likeness (QED) is 0.937. The lowest BCUT2D eigenvalue weighted by atomic mass is 10.1. The molecule has 2 N–H and O–H groups in total. The van der Waals surface area contributed by atoms with Gasteiger partial charge in [-0.1, -0.05) is 0 Å². The van der Waals surface area contributed by atoms with E-state index >= 15 is 0 Å². The molecule has 116 valence electrons. The maximum Gasteiger partial charge on any atom is 0.264 e. The molecule has 6 nitrogen and oxygen atoms in total. The van der Waals surface area contributed by atoms with Gasteiger partial charge in [0.25, 0.3) is 11.8 Å². The Morgan fingerprint density at radius 3 is 2.77 bits per heavy atom. The smallest absolute Gasteiger partial charge is 0.264 e. The Hall–Kier alpha value is -2.15. The van der Waals surface area contributed by atoms with Crippen LogP contribution in [0, 0.1) is 6.92 Å². The van der Waals surface area contributed by atoms with Crippen LogP contribution in [0.2, 0.25) is 0 Å². The van der Waals surface area contributed by atoms with Crippen molar-refractivity contribution in [1.29, 1.82) is 0 Å². The number of amides is 2. The van der Waals surface area contributed by atoms with Crippen molar-refractivity contribution >= 4 is 23.2 Å². The Morgan fingerprint density at radius 2 is 2.14 bits per heavy atom. The summed E-state index contributed by atoms with van der Waals surface area (Å²) in [7, 11) is 0. The summed E-state index contributed by atoms with van der Waals surface area (Å²) in [5.41, 5.74) is 6.36. The first kappa shape index (κ1) is 14.8. The van der Waals surface area contributed by atoms with E-state index in [0.29, 0.717) is 16.3 Å². The lowest BCUT2D eigenvalue weighted by molar-refractivity contribution is 0.0678. The van der Waals surface area contributed by atoms with E-state index in [-0.39, 0.29) is 11.9 Å². The second-order valence-corrected chi connectivity index (χ2v) is 6.66. The first-order valence-electron chi connectivity index (χ1n) is 7.24. The van der Waals surface area contributed by atoms with E-state index < -0.39 is 5.91 Å². The topological polar surface area (TPSA) is 81.2 Å². The molecule has 7 heteroatoms. The standard InChI is InChI=1S/C15H18N4O2S/c1-10-7-17-19(8-10)11-3-2-6-18(9-11)15(21)13-5-4-12(22-13)14(16)20/h4-5,7-8,11H,2-3,6,9H2,1H3,(H2,16,20)/t11-/m0/s1. The minimum atomic E-state index is -0.493. The van der Waals surface area contributed by atoms with Gasteiger partial charge in [0, 0.05) is 19.3 Å². The zero-order valence-corrected chi connectivity index (χ0v) is 13.2. The maximum absolute atomic E-state index is 12.6. The van der Waals surface area contributed by atoms with Crippen LogP contribution in [0.4, 0.5) is 0 Å². The van der Waals surface area contributed by atoms with E-state index in [4.69, 9.17) is 5.73 Å². The number of piperidine rings is 1. The predicted molar refractivity (Wildman–Crippen MR) is 84.0 cm³/mol. The van der Waals surface area contributed by atoms with E-state index in [0.717, 1.165) is 36.3 Å². The summed E-state index contributed by atoms with van der Waals surface area (Å²) in [6.07, 6.45) is 5.80. The molecule has 2 aromatic rings. The number of nitrogens with zero attached hydrogens (tertiary/aromatic N) is 3. The Labute approximate surface area is 132 Å². The summed E-state index contributed by atoms with van der Waals surface area (Å²) in [5, 5.41) is 4.35. The van der Waals surface area contributed by atoms with Crippen LogP contribution in [0.25, 0.3) is 0 Å². The lowest BCUT2D eigenvalue weighted by Crippen LogP contribution is -2.40. The summed E-state index contributed by atoms with van der Waals surface area (Å²) in [4.78, 5) is 26.5. The van der Waals surface area contributed by atoms with Gasteiger partial charge < -0.3 is 10.6 Å². The second-order valence-electron chi connectivity index (χ2n) is 5.57. The van der Waals surface area contributed by atoms with Gasteiger partial charge in [-0.05, 0) is 37.5 Å². The van der Waals surface area contributed by atoms with Gasteiger partial charge in [0.1, 0.15) is 0 Å². The van der Waals surface area contributed by atoms with Crippen LogP contribution in [-0.2, 0) is 0 Å². The zero-order chi connectivity index (χ0) is 15.7. The molecular formula is C15H18N4O2S. The summed E-state index contributed by atoms with van der Waals surface area (Å²) in [6.45, 7) is 3.38. The summed E-state index contributed by atoms with van der Waals surface area (Å²) >= 11 is 1.16. The van der Waals surface area contributed by atoms with Gasteiger partial charge in [-0.25, -0.2) is 0 Å². The average molecular weight is 318 g/mol. The number of hydrogen-bond acceptors (Lipinski definition) is 4. The van der Waals surface area contributed by atoms with Crippen LogP contribution >= 0.6 is 11.3 Å². The SMILES string of the molecule is Cc1cnn([C@H]2CCCN(C(=O)c3ccc(C(N)=O)s3)C2)c1. The number of likely N-dealkylation sites (tertiary alicyclic amines) is 1. The molecule has 3 heterocycles. The zero-order valence-electron chi connectivity index (χ0n) is 12.4. The van der Waals surface area contributed by atoms with Gasteiger partial charge in [0.15, 0.2) is 0 Å². The van der Waals surface area contributed by atoms with Crippen LogP contribution in [0.3, 0.4) is 0 Å². The Kier molecular flexibility index (Phi) is 3.98. The first-order chi connectivity index (χ1) is 10.5. The number of primary amides is 1. The summed E-state index contributed by atoms with van der Waals surface area (Å²) < 4.78 is 1.94. The molecule has 0 unspecified atom stereocenters. The van der Waals surface area contributed by atoms with Crippen molar-refractivity contribution in [1.82, 2.24) is 14.7 Å². The largest absolute Gasteiger partial charge is 0.365 e. The highest BCUT2D eigenvalue weighted by Crippen LogP contribution is 2.25. The molecule has 3 rings (SSSR count). The van der Waals surface area contributed by atoms with E-state index in [2.05, 4.69) is 5.10 Å². The molecule has 0 bridgehead atoms. The fraction of sp³-hybridized carbons (Fsp3) is 0.400. The average Bonchev–Trinajstić information content (AvgIpc) is 3.15. The van der Waals surface area contributed by atoms with E-state index in [9.17, 15) is 9.59 Å². The Balaban J connectivity index is 1.73. The van der Waals surface area contributed by atoms with Crippen molar-refractivity contribution in [2.45, 2.75) is 25.8 Å². The number of carbonyl (C=O) groups is 2. The van der Waals surface area contributed by atoms with Gasteiger partial charge in [0.05, 0.1) is 22.0 Å². The van der Waals surface area contributed by atoms with Crippen LogP contribution in [-0.4, -0.2) is 39.6 Å². The Bertz CT molecular complexity index is 706. The van der Waals surface area contributed by atoms with E-state index in [1.165, 1.54) is 0 Å². The molecule has 1 aliphatic heterocycles. The Morgan fingerprint density at radius 1 is 1.36 bits per heavy atom. The van der Waals surface area contributed by atoms with Crippen molar-refractivity contribution in [3.63, 3.8) is 0 Å². The molecule has 0 saturated carbocycles. The number of rotatable bonds is 3. The number of aromatic nitrogens is 2. The molecule has 1 saturated heterocycles. The number of carbonyl (C=O) groups excluding carboxylic acids is 2. The van der Waals surface area contributed by atoms with Gasteiger partial charge in [-0.2, -0.15) is 5.10 Å². The highest BCUT2D eigenvalue weighted by molar-refractivity contribution is 7.15. The second kappa shape index (κ2) is 5.92. The molecular weight excluding hydrogens is 300 g/mol. The molecule has 0 spiro atoms. The van der Waals surface area contributed by atoms with E-state index in [1.54, 1.807) is 12.1 Å². The molecule has 2 aromatic heterocycles. The monoisotopic (exact) mass is 318 g/mol. The number of hydrogen-bond donors (Lipinski definition) is 1. The van der Waals surface area contributed by atoms with Crippen molar-refractivity contribution in [3.05, 3.63) is 39.8 Å². The summed E-state index contributed by atoms with van der Waals surface area (Å²) in [5.74, 6) is -0.529. The van der Waals surface area contributed by atoms with Crippen LogP contribution in [0.1, 0.15) is 43.8 Å². The van der Waals surface area contributed by atoms with Gasteiger partial charge in [-0.3, -0.25) is 14.3 Å². The van der Waals surface area contributed by atoms with Crippen LogP contribution in [0.15, 0.2) is 24.5 Å². The van der Waals surface area contributed by atoms with Crippen LogP contribution in [0.5, 0.6) is 0 Å². The lowest BCUT2D eigenvalue weighted by Gasteiger charge is -2.32. The summed E-state index contributed by atoms with van der Waals surface area (Å²) in [6, 6.07) is 3.50. The molecule has 0 radical (unpaired) electrons. The minimum absolute atomic E-state index is 0.0360. The molecule has 1 atom stereocenters. The fourth-order valence-corrected chi connectivity index (χ4v) is 3.56. The third-order valence-corrected chi connectivity index (χ3v) is 4.94. The molecule has 2 amide bonds. The van der Waals surface area contributed by atoms with Crippen molar-refractivity contribution in [2.75, 3.05) is 13.1 Å². The van der Waals surface area contributed by atoms with Crippen LogP contribution < -0.4 is 5.73 Å². The number of nitrogens with two attached hydrogens (primary N) is 1. The molecule has 22 heavy (non-hydrogen) atoms. The van der Waals surface area contributed by atoms with Crippen molar-refractivity contribution in [3.8, 4) is 0 Å². The third-order valence-electron chi connectivity index (χ3n) is 3.85.